The highest BCUT2D eigenvalue weighted by atomic mass is 19.1. The number of nitrogens with zero attached hydrogens (tertiary/aromatic N) is 2. The number of rotatable bonds is 4. The molecule has 1 atom stereocenters. The van der Waals surface area contributed by atoms with Gasteiger partial charge in [-0.05, 0) is 30.5 Å². The van der Waals surface area contributed by atoms with Crippen molar-refractivity contribution in [3.05, 3.63) is 35.4 Å². The van der Waals surface area contributed by atoms with Gasteiger partial charge in [-0.25, -0.2) is 13.6 Å². The summed E-state index contributed by atoms with van der Waals surface area (Å²) in [6.45, 7) is 0.640. The van der Waals surface area contributed by atoms with E-state index in [9.17, 15) is 23.2 Å². The van der Waals surface area contributed by atoms with Gasteiger partial charge < -0.3 is 10.2 Å². The molecule has 2 aliphatic heterocycles. The maximum atomic E-state index is 13.4. The van der Waals surface area contributed by atoms with E-state index in [0.717, 1.165) is 31.7 Å². The average Bonchev–Trinajstić information content (AvgIpc) is 2.96. The first-order valence-electron chi connectivity index (χ1n) is 10.2. The van der Waals surface area contributed by atoms with Gasteiger partial charge in [-0.2, -0.15) is 0 Å². The second kappa shape index (κ2) is 7.72. The lowest BCUT2D eigenvalue weighted by molar-refractivity contribution is -0.132. The standard InChI is InChI=1S/C21H25F2N3O3/c22-16-7-14(8-17(23)10-16)11-25-12-15(9-18(25)27)13-26-19(28)21(24-20(26)29)5-3-1-2-4-6-21/h7-8,10,15H,1-6,9,11-13H2,(H,24,29). The second-order valence-electron chi connectivity index (χ2n) is 8.46. The van der Waals surface area contributed by atoms with Gasteiger partial charge in [0.15, 0.2) is 0 Å². The second-order valence-corrected chi connectivity index (χ2v) is 8.46. The highest BCUT2D eigenvalue weighted by molar-refractivity contribution is 6.07. The highest BCUT2D eigenvalue weighted by Crippen LogP contribution is 2.34. The molecule has 1 spiro atoms. The summed E-state index contributed by atoms with van der Waals surface area (Å²) < 4.78 is 26.8. The molecular weight excluding hydrogens is 380 g/mol. The van der Waals surface area contributed by atoms with Crippen LogP contribution in [0.5, 0.6) is 0 Å². The van der Waals surface area contributed by atoms with E-state index in [2.05, 4.69) is 5.32 Å². The zero-order valence-electron chi connectivity index (χ0n) is 16.3. The van der Waals surface area contributed by atoms with Gasteiger partial charge in [0.2, 0.25) is 5.91 Å². The maximum Gasteiger partial charge on any atom is 0.325 e. The minimum Gasteiger partial charge on any atom is -0.338 e. The largest absolute Gasteiger partial charge is 0.338 e. The Morgan fingerprint density at radius 3 is 2.31 bits per heavy atom. The lowest BCUT2D eigenvalue weighted by Crippen LogP contribution is -2.46. The number of carbonyl (C=O) groups excluding carboxylic acids is 3. The lowest BCUT2D eigenvalue weighted by atomic mass is 9.90. The monoisotopic (exact) mass is 405 g/mol. The Morgan fingerprint density at radius 1 is 1.00 bits per heavy atom. The molecule has 3 fully saturated rings. The fraction of sp³-hybridized carbons (Fsp3) is 0.571. The average molecular weight is 405 g/mol. The molecule has 2 saturated heterocycles. The Hall–Kier alpha value is -2.51. The molecule has 1 N–H and O–H groups in total. The first kappa shape index (κ1) is 19.8. The van der Waals surface area contributed by atoms with Gasteiger partial charge in [0, 0.05) is 38.0 Å². The fourth-order valence-electron chi connectivity index (χ4n) is 4.82. The number of hydrogen-bond donors (Lipinski definition) is 1. The summed E-state index contributed by atoms with van der Waals surface area (Å²) in [5.41, 5.74) is -0.404. The zero-order valence-corrected chi connectivity index (χ0v) is 16.3. The van der Waals surface area contributed by atoms with Crippen LogP contribution in [0.1, 0.15) is 50.5 Å². The number of benzene rings is 1. The van der Waals surface area contributed by atoms with Crippen LogP contribution in [0.4, 0.5) is 13.6 Å². The normalized spacial score (nSPS) is 24.3. The molecule has 1 aromatic rings. The third-order valence-corrected chi connectivity index (χ3v) is 6.23. The molecule has 1 unspecified atom stereocenters. The van der Waals surface area contributed by atoms with E-state index in [-0.39, 0.29) is 43.3 Å². The number of imide groups is 1. The summed E-state index contributed by atoms with van der Waals surface area (Å²) in [5.74, 6) is -1.87. The molecule has 4 amide bonds. The molecule has 4 rings (SSSR count). The quantitative estimate of drug-likeness (QED) is 0.783. The van der Waals surface area contributed by atoms with E-state index in [1.54, 1.807) is 0 Å². The zero-order chi connectivity index (χ0) is 20.6. The Kier molecular flexibility index (Phi) is 5.27. The van der Waals surface area contributed by atoms with Gasteiger partial charge in [0.05, 0.1) is 0 Å². The Labute approximate surface area is 168 Å². The number of likely N-dealkylation sites (tertiary alicyclic amines) is 1. The topological polar surface area (TPSA) is 69.7 Å². The van der Waals surface area contributed by atoms with Crippen LogP contribution in [0, 0.1) is 17.6 Å². The summed E-state index contributed by atoms with van der Waals surface area (Å²) in [5, 5.41) is 2.91. The minimum atomic E-state index is -0.783. The summed E-state index contributed by atoms with van der Waals surface area (Å²) >= 11 is 0. The molecule has 0 radical (unpaired) electrons. The van der Waals surface area contributed by atoms with Crippen LogP contribution in [0.25, 0.3) is 0 Å². The van der Waals surface area contributed by atoms with Gasteiger partial charge in [0.25, 0.3) is 5.91 Å². The number of nitrogens with one attached hydrogen (secondary N) is 1. The van der Waals surface area contributed by atoms with Crippen LogP contribution >= 0.6 is 0 Å². The van der Waals surface area contributed by atoms with Crippen molar-refractivity contribution in [3.63, 3.8) is 0 Å². The molecule has 0 aromatic heterocycles. The fourth-order valence-corrected chi connectivity index (χ4v) is 4.82. The molecule has 1 aromatic carbocycles. The van der Waals surface area contributed by atoms with Crippen molar-refractivity contribution in [3.8, 4) is 0 Å². The van der Waals surface area contributed by atoms with Crippen LogP contribution in [-0.4, -0.2) is 46.3 Å². The first-order chi connectivity index (χ1) is 13.9. The smallest absolute Gasteiger partial charge is 0.325 e. The number of halogens is 2. The molecule has 8 heteroatoms. The number of carbonyl (C=O) groups is 3. The van der Waals surface area contributed by atoms with E-state index in [1.165, 1.54) is 21.9 Å². The predicted octanol–water partition coefficient (Wildman–Crippen LogP) is 2.96. The number of amides is 4. The van der Waals surface area contributed by atoms with E-state index in [1.807, 2.05) is 0 Å². The summed E-state index contributed by atoms with van der Waals surface area (Å²) in [7, 11) is 0. The van der Waals surface area contributed by atoms with Crippen molar-refractivity contribution in [2.45, 2.75) is 57.0 Å². The van der Waals surface area contributed by atoms with Gasteiger partial charge >= 0.3 is 6.03 Å². The van der Waals surface area contributed by atoms with Gasteiger partial charge in [-0.1, -0.05) is 25.7 Å². The molecule has 6 nitrogen and oxygen atoms in total. The van der Waals surface area contributed by atoms with Crippen LogP contribution in [-0.2, 0) is 16.1 Å². The van der Waals surface area contributed by atoms with Gasteiger partial charge in [0.1, 0.15) is 17.2 Å². The predicted molar refractivity (Wildman–Crippen MR) is 101 cm³/mol. The molecule has 2 heterocycles. The minimum absolute atomic E-state index is 0.105. The van der Waals surface area contributed by atoms with E-state index < -0.39 is 17.2 Å². The van der Waals surface area contributed by atoms with Crippen LogP contribution in [0.3, 0.4) is 0 Å². The van der Waals surface area contributed by atoms with Crippen LogP contribution in [0.2, 0.25) is 0 Å². The van der Waals surface area contributed by atoms with Crippen molar-refractivity contribution in [1.29, 1.82) is 0 Å². The number of hydrogen-bond acceptors (Lipinski definition) is 3. The highest BCUT2D eigenvalue weighted by Gasteiger charge is 2.51. The third-order valence-electron chi connectivity index (χ3n) is 6.23. The molecular formula is C21H25F2N3O3. The molecule has 0 bridgehead atoms. The SMILES string of the molecule is O=C1CC(CN2C(=O)NC3(CCCCCC3)C2=O)CN1Cc1cc(F)cc(F)c1. The van der Waals surface area contributed by atoms with Crippen molar-refractivity contribution in [1.82, 2.24) is 15.1 Å². The molecule has 1 aliphatic carbocycles. The maximum absolute atomic E-state index is 13.4. The lowest BCUT2D eigenvalue weighted by Gasteiger charge is -2.25. The molecule has 3 aliphatic rings. The van der Waals surface area contributed by atoms with E-state index in [4.69, 9.17) is 0 Å². The summed E-state index contributed by atoms with van der Waals surface area (Å²) in [4.78, 5) is 40.7. The summed E-state index contributed by atoms with van der Waals surface area (Å²) in [6.07, 6.45) is 5.50. The first-order valence-corrected chi connectivity index (χ1v) is 10.2. The number of urea groups is 1. The third kappa shape index (κ3) is 3.97. The van der Waals surface area contributed by atoms with Crippen molar-refractivity contribution in [2.24, 2.45) is 5.92 Å². The van der Waals surface area contributed by atoms with Crippen molar-refractivity contribution < 1.29 is 23.2 Å². The van der Waals surface area contributed by atoms with Crippen molar-refractivity contribution >= 4 is 17.8 Å². The molecule has 29 heavy (non-hydrogen) atoms. The summed E-state index contributed by atoms with van der Waals surface area (Å²) in [6, 6.07) is 2.82. The van der Waals surface area contributed by atoms with E-state index >= 15 is 0 Å². The Morgan fingerprint density at radius 2 is 1.66 bits per heavy atom. The van der Waals surface area contributed by atoms with Gasteiger partial charge in [-0.3, -0.25) is 14.5 Å². The van der Waals surface area contributed by atoms with Crippen LogP contribution < -0.4 is 5.32 Å². The van der Waals surface area contributed by atoms with Gasteiger partial charge in [-0.15, -0.1) is 0 Å². The van der Waals surface area contributed by atoms with Crippen LogP contribution in [0.15, 0.2) is 18.2 Å². The molecule has 1 saturated carbocycles. The molecule has 156 valence electrons. The van der Waals surface area contributed by atoms with E-state index in [0.29, 0.717) is 24.9 Å². The van der Waals surface area contributed by atoms with Crippen molar-refractivity contribution in [2.75, 3.05) is 13.1 Å². The Bertz CT molecular complexity index is 816. The Balaban J connectivity index is 1.40.